The van der Waals surface area contributed by atoms with Crippen LogP contribution in [0.1, 0.15) is 45.6 Å². The molecule has 0 saturated carbocycles. The lowest BCUT2D eigenvalue weighted by atomic mass is 9.90. The summed E-state index contributed by atoms with van der Waals surface area (Å²) in [6, 6.07) is 23.6. The number of aliphatic carboxylic acids is 1. The number of halogens is 2. The molecule has 1 saturated heterocycles. The number of carboxylic acids is 1. The fraction of sp³-hybridized carbons (Fsp3) is 0.273. The van der Waals surface area contributed by atoms with Crippen LogP contribution in [0.25, 0.3) is 0 Å². The fourth-order valence-electron chi connectivity index (χ4n) is 5.39. The molecule has 0 aliphatic carbocycles. The Bertz CT molecular complexity index is 1540. The zero-order chi connectivity index (χ0) is 29.5. The predicted molar refractivity (Wildman–Crippen MR) is 160 cm³/mol. The molecule has 1 N–H and O–H groups in total. The molecule has 5 rings (SSSR count). The van der Waals surface area contributed by atoms with Gasteiger partial charge in [-0.2, -0.15) is 0 Å². The van der Waals surface area contributed by atoms with Crippen LogP contribution in [0, 0.1) is 11.7 Å². The van der Waals surface area contributed by atoms with E-state index in [0.29, 0.717) is 34.6 Å². The fourth-order valence-corrected chi connectivity index (χ4v) is 5.60. The molecule has 2 heterocycles. The Kier molecular flexibility index (Phi) is 9.44. The van der Waals surface area contributed by atoms with Gasteiger partial charge in [0.1, 0.15) is 12.4 Å². The first-order chi connectivity index (χ1) is 20.3. The van der Waals surface area contributed by atoms with Gasteiger partial charge in [0, 0.05) is 37.3 Å². The molecule has 9 heteroatoms. The van der Waals surface area contributed by atoms with Crippen molar-refractivity contribution in [3.63, 3.8) is 0 Å². The van der Waals surface area contributed by atoms with Crippen LogP contribution in [0.2, 0.25) is 5.02 Å². The van der Waals surface area contributed by atoms with Crippen molar-refractivity contribution in [2.45, 2.75) is 32.2 Å². The van der Waals surface area contributed by atoms with E-state index >= 15 is 0 Å². The van der Waals surface area contributed by atoms with Crippen molar-refractivity contribution < 1.29 is 19.1 Å². The topological polar surface area (TPSA) is 86.6 Å². The molecule has 0 bridgehead atoms. The van der Waals surface area contributed by atoms with Crippen LogP contribution in [-0.4, -0.2) is 51.5 Å². The Balaban J connectivity index is 1.40. The lowest BCUT2D eigenvalue weighted by Crippen LogP contribution is -2.37. The van der Waals surface area contributed by atoms with E-state index in [1.807, 2.05) is 24.3 Å². The quantitative estimate of drug-likeness (QED) is 0.244. The standard InChI is InChI=1S/C33H32ClFN4O3/c34-27-10-4-8-25(17-27)19-30-29(32(42)39(22-31(40)41)21-26-9-5-11-28(35)18-26)20-36-33(37-30)38-14-12-24(13-15-38)16-23-6-2-1-3-7-23/h1-11,17-18,20,24H,12-16,19,21-22H2,(H,40,41). The summed E-state index contributed by atoms with van der Waals surface area (Å²) in [4.78, 5) is 38.2. The van der Waals surface area contributed by atoms with Crippen molar-refractivity contribution in [2.75, 3.05) is 24.5 Å². The van der Waals surface area contributed by atoms with Gasteiger partial charge in [-0.05, 0) is 66.1 Å². The first-order valence-electron chi connectivity index (χ1n) is 14.0. The second kappa shape index (κ2) is 13.6. The molecule has 1 amide bonds. The van der Waals surface area contributed by atoms with Gasteiger partial charge in [0.25, 0.3) is 5.91 Å². The van der Waals surface area contributed by atoms with Gasteiger partial charge in [0.15, 0.2) is 0 Å². The lowest BCUT2D eigenvalue weighted by molar-refractivity contribution is -0.137. The number of anilines is 1. The second-order valence-corrected chi connectivity index (χ2v) is 11.1. The normalized spacial score (nSPS) is 13.6. The number of piperidine rings is 1. The molecule has 1 aliphatic rings. The summed E-state index contributed by atoms with van der Waals surface area (Å²) in [7, 11) is 0. The van der Waals surface area contributed by atoms with Crippen LogP contribution >= 0.6 is 11.6 Å². The Hall–Kier alpha value is -4.30. The van der Waals surface area contributed by atoms with Crippen LogP contribution in [-0.2, 0) is 24.2 Å². The van der Waals surface area contributed by atoms with E-state index in [4.69, 9.17) is 16.6 Å². The molecule has 4 aromatic rings. The molecule has 3 aromatic carbocycles. The highest BCUT2D eigenvalue weighted by Crippen LogP contribution is 2.26. The Morgan fingerprint density at radius 1 is 0.952 bits per heavy atom. The van der Waals surface area contributed by atoms with E-state index in [0.717, 1.165) is 37.9 Å². The number of hydrogen-bond donors (Lipinski definition) is 1. The van der Waals surface area contributed by atoms with Crippen LogP contribution < -0.4 is 4.90 Å². The molecule has 42 heavy (non-hydrogen) atoms. The molecule has 7 nitrogen and oxygen atoms in total. The minimum atomic E-state index is -1.17. The molecule has 1 aromatic heterocycles. The van der Waals surface area contributed by atoms with Gasteiger partial charge < -0.3 is 14.9 Å². The van der Waals surface area contributed by atoms with E-state index in [2.05, 4.69) is 34.1 Å². The highest BCUT2D eigenvalue weighted by atomic mass is 35.5. The minimum Gasteiger partial charge on any atom is -0.480 e. The third-order valence-corrected chi connectivity index (χ3v) is 7.72. The molecule has 1 aliphatic heterocycles. The van der Waals surface area contributed by atoms with E-state index < -0.39 is 24.2 Å². The van der Waals surface area contributed by atoms with Crippen LogP contribution in [0.3, 0.4) is 0 Å². The van der Waals surface area contributed by atoms with Crippen LogP contribution in [0.15, 0.2) is 85.1 Å². The van der Waals surface area contributed by atoms with Crippen molar-refractivity contribution in [2.24, 2.45) is 5.92 Å². The summed E-state index contributed by atoms with van der Waals surface area (Å²) in [5.74, 6) is -1.06. The number of rotatable bonds is 10. The van der Waals surface area contributed by atoms with E-state index in [9.17, 15) is 19.1 Å². The molecule has 216 valence electrons. The maximum Gasteiger partial charge on any atom is 0.323 e. The number of benzene rings is 3. The maximum absolute atomic E-state index is 13.8. The monoisotopic (exact) mass is 586 g/mol. The average Bonchev–Trinajstić information content (AvgIpc) is 2.97. The minimum absolute atomic E-state index is 0.0732. The summed E-state index contributed by atoms with van der Waals surface area (Å²) in [5, 5.41) is 10.1. The van der Waals surface area contributed by atoms with E-state index in [1.165, 1.54) is 34.9 Å². The van der Waals surface area contributed by atoms with Gasteiger partial charge in [0.2, 0.25) is 5.95 Å². The third-order valence-electron chi connectivity index (χ3n) is 7.49. The molecule has 0 unspecified atom stereocenters. The Labute approximate surface area is 249 Å². The average molecular weight is 587 g/mol. The van der Waals surface area contributed by atoms with Gasteiger partial charge in [-0.1, -0.05) is 66.2 Å². The zero-order valence-corrected chi connectivity index (χ0v) is 23.9. The number of amides is 1. The van der Waals surface area contributed by atoms with Crippen molar-refractivity contribution in [1.82, 2.24) is 14.9 Å². The molecular formula is C33H32ClFN4O3. The third kappa shape index (κ3) is 7.70. The molecule has 0 radical (unpaired) electrons. The first-order valence-corrected chi connectivity index (χ1v) is 14.4. The Morgan fingerprint density at radius 3 is 2.38 bits per heavy atom. The van der Waals surface area contributed by atoms with Crippen molar-refractivity contribution in [3.05, 3.63) is 124 Å². The molecule has 0 spiro atoms. The largest absolute Gasteiger partial charge is 0.480 e. The van der Waals surface area contributed by atoms with Gasteiger partial charge in [-0.15, -0.1) is 0 Å². The molecular weight excluding hydrogens is 555 g/mol. The molecule has 0 atom stereocenters. The summed E-state index contributed by atoms with van der Waals surface area (Å²) in [6.45, 7) is 0.969. The van der Waals surface area contributed by atoms with Crippen LogP contribution in [0.4, 0.5) is 10.3 Å². The number of carbonyl (C=O) groups excluding carboxylic acids is 1. The summed E-state index contributed by atoms with van der Waals surface area (Å²) in [5.41, 5.74) is 3.36. The van der Waals surface area contributed by atoms with Crippen molar-refractivity contribution >= 4 is 29.4 Å². The summed E-state index contributed by atoms with van der Waals surface area (Å²) in [6.07, 6.45) is 4.84. The number of carboxylic acid groups (broad SMARTS) is 1. The van der Waals surface area contributed by atoms with Crippen molar-refractivity contribution in [1.29, 1.82) is 0 Å². The number of hydrogen-bond acceptors (Lipinski definition) is 5. The highest BCUT2D eigenvalue weighted by molar-refractivity contribution is 6.30. The van der Waals surface area contributed by atoms with Gasteiger partial charge in [-0.25, -0.2) is 14.4 Å². The number of aromatic nitrogens is 2. The van der Waals surface area contributed by atoms with Gasteiger partial charge >= 0.3 is 5.97 Å². The second-order valence-electron chi connectivity index (χ2n) is 10.6. The van der Waals surface area contributed by atoms with E-state index in [1.54, 1.807) is 12.1 Å². The summed E-state index contributed by atoms with van der Waals surface area (Å²) < 4.78 is 13.8. The van der Waals surface area contributed by atoms with Crippen molar-refractivity contribution in [3.8, 4) is 0 Å². The number of carbonyl (C=O) groups is 2. The van der Waals surface area contributed by atoms with E-state index in [-0.39, 0.29) is 12.1 Å². The SMILES string of the molecule is O=C(O)CN(Cc1cccc(F)c1)C(=O)c1cnc(N2CCC(Cc3ccccc3)CC2)nc1Cc1cccc(Cl)c1. The predicted octanol–water partition coefficient (Wildman–Crippen LogP) is 6.05. The summed E-state index contributed by atoms with van der Waals surface area (Å²) >= 11 is 6.24. The van der Waals surface area contributed by atoms with Gasteiger partial charge in [-0.3, -0.25) is 9.59 Å². The first kappa shape index (κ1) is 29.2. The lowest BCUT2D eigenvalue weighted by Gasteiger charge is -2.32. The maximum atomic E-state index is 13.8. The number of nitrogens with zero attached hydrogens (tertiary/aromatic N) is 4. The Morgan fingerprint density at radius 2 is 1.67 bits per heavy atom. The highest BCUT2D eigenvalue weighted by Gasteiger charge is 2.26. The molecule has 1 fully saturated rings. The smallest absolute Gasteiger partial charge is 0.323 e. The van der Waals surface area contributed by atoms with Crippen LogP contribution in [0.5, 0.6) is 0 Å². The van der Waals surface area contributed by atoms with Gasteiger partial charge in [0.05, 0.1) is 11.3 Å². The zero-order valence-electron chi connectivity index (χ0n) is 23.1.